The Bertz CT molecular complexity index is 702. The summed E-state index contributed by atoms with van der Waals surface area (Å²) in [5.41, 5.74) is 0.765. The normalized spacial score (nSPS) is 15.7. The Kier molecular flexibility index (Phi) is 6.35. The molecule has 0 saturated carbocycles. The van der Waals surface area contributed by atoms with E-state index in [4.69, 9.17) is 5.26 Å². The number of rotatable bonds is 6. The molecule has 6 nitrogen and oxygen atoms in total. The third-order valence-corrected chi connectivity index (χ3v) is 6.13. The molecule has 1 amide bonds. The lowest BCUT2D eigenvalue weighted by Gasteiger charge is -2.25. The molecular formula is C17H23N3O3S. The van der Waals surface area contributed by atoms with Gasteiger partial charge in [-0.3, -0.25) is 4.79 Å². The van der Waals surface area contributed by atoms with Crippen LogP contribution in [-0.2, 0) is 21.2 Å². The van der Waals surface area contributed by atoms with Gasteiger partial charge < -0.3 is 4.90 Å². The molecule has 7 heteroatoms. The highest BCUT2D eigenvalue weighted by atomic mass is 32.2. The summed E-state index contributed by atoms with van der Waals surface area (Å²) in [5.74, 6) is -0.0862. The molecule has 0 aliphatic carbocycles. The lowest BCUT2D eigenvalue weighted by Crippen LogP contribution is -2.35. The van der Waals surface area contributed by atoms with Crippen LogP contribution in [0.3, 0.4) is 0 Å². The quantitative estimate of drug-likeness (QED) is 0.784. The van der Waals surface area contributed by atoms with Crippen molar-refractivity contribution in [2.24, 2.45) is 0 Å². The van der Waals surface area contributed by atoms with Gasteiger partial charge in [-0.15, -0.1) is 0 Å². The van der Waals surface area contributed by atoms with Crippen molar-refractivity contribution in [1.82, 2.24) is 9.21 Å². The minimum absolute atomic E-state index is 0.0862. The van der Waals surface area contributed by atoms with Crippen LogP contribution in [-0.4, -0.2) is 50.2 Å². The van der Waals surface area contributed by atoms with Crippen LogP contribution >= 0.6 is 0 Å². The van der Waals surface area contributed by atoms with Crippen LogP contribution in [0.25, 0.3) is 0 Å². The zero-order valence-electron chi connectivity index (χ0n) is 13.9. The predicted molar refractivity (Wildman–Crippen MR) is 90.6 cm³/mol. The molecule has 1 saturated heterocycles. The Morgan fingerprint density at radius 2 is 1.83 bits per heavy atom. The van der Waals surface area contributed by atoms with Gasteiger partial charge in [0.1, 0.15) is 0 Å². The average molecular weight is 349 g/mol. The Hall–Kier alpha value is -1.91. The van der Waals surface area contributed by atoms with Gasteiger partial charge >= 0.3 is 0 Å². The molecule has 1 fully saturated rings. The largest absolute Gasteiger partial charge is 0.344 e. The summed E-state index contributed by atoms with van der Waals surface area (Å²) in [4.78, 5) is 13.8. The molecule has 0 radical (unpaired) electrons. The molecule has 1 aliphatic heterocycles. The fourth-order valence-electron chi connectivity index (χ4n) is 2.69. The monoisotopic (exact) mass is 349 g/mol. The van der Waals surface area contributed by atoms with E-state index in [-0.39, 0.29) is 17.2 Å². The second kappa shape index (κ2) is 8.27. The summed E-state index contributed by atoms with van der Waals surface area (Å²) in [6.45, 7) is 1.55. The average Bonchev–Trinajstić information content (AvgIpc) is 2.60. The molecule has 0 atom stereocenters. The molecule has 0 bridgehead atoms. The highest BCUT2D eigenvalue weighted by molar-refractivity contribution is 7.89. The van der Waals surface area contributed by atoms with Gasteiger partial charge in [0.05, 0.1) is 23.8 Å². The molecule has 24 heavy (non-hydrogen) atoms. The van der Waals surface area contributed by atoms with Gasteiger partial charge in [0.15, 0.2) is 0 Å². The molecule has 0 N–H and O–H groups in total. The third-order valence-electron chi connectivity index (χ3n) is 4.22. The molecule has 1 heterocycles. The number of nitrogens with zero attached hydrogens (tertiary/aromatic N) is 3. The van der Waals surface area contributed by atoms with Crippen molar-refractivity contribution in [2.45, 2.75) is 37.0 Å². The number of nitriles is 1. The third kappa shape index (κ3) is 4.56. The highest BCUT2D eigenvalue weighted by Gasteiger charge is 2.25. The molecule has 130 valence electrons. The van der Waals surface area contributed by atoms with E-state index in [1.165, 1.54) is 9.21 Å². The maximum Gasteiger partial charge on any atom is 0.243 e. The standard InChI is InChI=1S/C17H23N3O3S/c1-19(11-5-10-18)17(21)14-15-6-8-16(9-7-15)24(22,23)20-12-3-2-4-13-20/h6-9H,2-5,11-14H2,1H3. The number of hydrogen-bond acceptors (Lipinski definition) is 4. The lowest BCUT2D eigenvalue weighted by molar-refractivity contribution is -0.129. The molecule has 0 unspecified atom stereocenters. The summed E-state index contributed by atoms with van der Waals surface area (Å²) < 4.78 is 26.7. The second-order valence-electron chi connectivity index (χ2n) is 6.01. The summed E-state index contributed by atoms with van der Waals surface area (Å²) in [5, 5.41) is 8.55. The van der Waals surface area contributed by atoms with E-state index in [1.807, 2.05) is 6.07 Å². The van der Waals surface area contributed by atoms with E-state index in [1.54, 1.807) is 31.3 Å². The van der Waals surface area contributed by atoms with Crippen molar-refractivity contribution in [1.29, 1.82) is 5.26 Å². The van der Waals surface area contributed by atoms with Gasteiger partial charge in [0.2, 0.25) is 15.9 Å². The highest BCUT2D eigenvalue weighted by Crippen LogP contribution is 2.21. The molecule has 0 aromatic heterocycles. The van der Waals surface area contributed by atoms with E-state index in [2.05, 4.69) is 0 Å². The summed E-state index contributed by atoms with van der Waals surface area (Å²) >= 11 is 0. The van der Waals surface area contributed by atoms with Gasteiger partial charge in [-0.25, -0.2) is 8.42 Å². The van der Waals surface area contributed by atoms with Crippen molar-refractivity contribution in [3.8, 4) is 6.07 Å². The number of sulfonamides is 1. The SMILES string of the molecule is CN(CCC#N)C(=O)Cc1ccc(S(=O)(=O)N2CCCCC2)cc1. The minimum Gasteiger partial charge on any atom is -0.344 e. The zero-order chi connectivity index (χ0) is 17.6. The number of amides is 1. The smallest absolute Gasteiger partial charge is 0.243 e. The second-order valence-corrected chi connectivity index (χ2v) is 7.95. The first kappa shape index (κ1) is 18.4. The maximum atomic E-state index is 12.6. The molecule has 1 aromatic rings. The number of benzene rings is 1. The van der Waals surface area contributed by atoms with Gasteiger partial charge in [0, 0.05) is 26.7 Å². The van der Waals surface area contributed by atoms with Crippen LogP contribution in [0, 0.1) is 11.3 Å². The van der Waals surface area contributed by atoms with Gasteiger partial charge in [-0.2, -0.15) is 9.57 Å². The van der Waals surface area contributed by atoms with Gasteiger partial charge in [-0.1, -0.05) is 18.6 Å². The van der Waals surface area contributed by atoms with Crippen molar-refractivity contribution in [3.05, 3.63) is 29.8 Å². The van der Waals surface area contributed by atoms with Crippen molar-refractivity contribution >= 4 is 15.9 Å². The number of hydrogen-bond donors (Lipinski definition) is 0. The minimum atomic E-state index is -3.43. The Morgan fingerprint density at radius 3 is 2.42 bits per heavy atom. The molecule has 1 aliphatic rings. The van der Waals surface area contributed by atoms with E-state index in [0.717, 1.165) is 24.8 Å². The van der Waals surface area contributed by atoms with Crippen LogP contribution in [0.2, 0.25) is 0 Å². The summed E-state index contributed by atoms with van der Waals surface area (Å²) in [6.07, 6.45) is 3.38. The summed E-state index contributed by atoms with van der Waals surface area (Å²) in [7, 11) is -1.77. The summed E-state index contributed by atoms with van der Waals surface area (Å²) in [6, 6.07) is 8.52. The van der Waals surface area contributed by atoms with Gasteiger partial charge in [-0.05, 0) is 30.5 Å². The first-order valence-electron chi connectivity index (χ1n) is 8.15. The first-order valence-corrected chi connectivity index (χ1v) is 9.59. The van der Waals surface area contributed by atoms with Crippen LogP contribution in [0.1, 0.15) is 31.2 Å². The molecule has 0 spiro atoms. The zero-order valence-corrected chi connectivity index (χ0v) is 14.8. The molecule has 1 aromatic carbocycles. The first-order chi connectivity index (χ1) is 11.4. The number of likely N-dealkylation sites (N-methyl/N-ethyl adjacent to an activating group) is 1. The lowest BCUT2D eigenvalue weighted by atomic mass is 10.1. The number of carbonyl (C=O) groups excluding carboxylic acids is 1. The fourth-order valence-corrected chi connectivity index (χ4v) is 4.20. The topological polar surface area (TPSA) is 81.5 Å². The Morgan fingerprint density at radius 1 is 1.21 bits per heavy atom. The van der Waals surface area contributed by atoms with Crippen molar-refractivity contribution in [2.75, 3.05) is 26.7 Å². The maximum absolute atomic E-state index is 12.6. The van der Waals surface area contributed by atoms with Crippen LogP contribution in [0.4, 0.5) is 0 Å². The van der Waals surface area contributed by atoms with E-state index in [9.17, 15) is 13.2 Å². The Balaban J connectivity index is 2.02. The van der Waals surface area contributed by atoms with Crippen molar-refractivity contribution < 1.29 is 13.2 Å². The van der Waals surface area contributed by atoms with Gasteiger partial charge in [0.25, 0.3) is 0 Å². The van der Waals surface area contributed by atoms with Crippen molar-refractivity contribution in [3.63, 3.8) is 0 Å². The van der Waals surface area contributed by atoms with Crippen LogP contribution in [0.5, 0.6) is 0 Å². The molecular weight excluding hydrogens is 326 g/mol. The number of carbonyl (C=O) groups is 1. The number of piperidine rings is 1. The van der Waals surface area contributed by atoms with E-state index in [0.29, 0.717) is 26.1 Å². The fraction of sp³-hybridized carbons (Fsp3) is 0.529. The Labute approximate surface area is 143 Å². The van der Waals surface area contributed by atoms with Crippen LogP contribution in [0.15, 0.2) is 29.2 Å². The molecule has 2 rings (SSSR count). The van der Waals surface area contributed by atoms with Crippen LogP contribution < -0.4 is 0 Å². The van der Waals surface area contributed by atoms with E-state index >= 15 is 0 Å². The predicted octanol–water partition coefficient (Wildman–Crippen LogP) is 1.78. The van der Waals surface area contributed by atoms with E-state index < -0.39 is 10.0 Å².